The maximum Gasteiger partial charge on any atom is 0.317 e. The van der Waals surface area contributed by atoms with Gasteiger partial charge in [0.1, 0.15) is 0 Å². The minimum Gasteiger partial charge on any atom is -0.493 e. The first-order valence-corrected chi connectivity index (χ1v) is 9.02. The fraction of sp³-hybridized carbons (Fsp3) is 0.533. The zero-order chi connectivity index (χ0) is 17.5. The van der Waals surface area contributed by atoms with Crippen LogP contribution in [0.1, 0.15) is 13.8 Å². The Hall–Kier alpha value is -1.96. The Morgan fingerprint density at radius 3 is 2.26 bits per heavy atom. The molecule has 0 unspecified atom stereocenters. The Morgan fingerprint density at radius 2 is 1.74 bits per heavy atom. The predicted molar refractivity (Wildman–Crippen MR) is 87.9 cm³/mol. The molecule has 0 spiro atoms. The third kappa shape index (κ3) is 5.02. The molecule has 1 N–H and O–H groups in total. The molecule has 23 heavy (non-hydrogen) atoms. The van der Waals surface area contributed by atoms with Crippen molar-refractivity contribution in [3.63, 3.8) is 0 Å². The second kappa shape index (κ2) is 8.61. The van der Waals surface area contributed by atoms with Gasteiger partial charge in [-0.15, -0.1) is 0 Å². The Kier molecular flexibility index (Phi) is 7.15. The molecule has 0 aromatic heterocycles. The van der Waals surface area contributed by atoms with Crippen LogP contribution in [0.3, 0.4) is 0 Å². The molecule has 0 bridgehead atoms. The van der Waals surface area contributed by atoms with Crippen LogP contribution in [0.25, 0.3) is 0 Å². The molecule has 0 heterocycles. The molecule has 0 aliphatic rings. The molecule has 0 radical (unpaired) electrons. The maximum absolute atomic E-state index is 12.3. The van der Waals surface area contributed by atoms with E-state index < -0.39 is 9.84 Å². The Balaban J connectivity index is 2.75. The average molecular weight is 344 g/mol. The molecular weight excluding hydrogens is 320 g/mol. The quantitative estimate of drug-likeness (QED) is 0.773. The van der Waals surface area contributed by atoms with Crippen LogP contribution in [0.4, 0.5) is 4.79 Å². The SMILES string of the molecule is CCN(CC)C(=O)NCCS(=O)(=O)c1ccc(OC)c(OC)c1. The largest absolute Gasteiger partial charge is 0.493 e. The van der Waals surface area contributed by atoms with Crippen molar-refractivity contribution in [2.45, 2.75) is 18.7 Å². The van der Waals surface area contributed by atoms with Gasteiger partial charge in [0.05, 0.1) is 24.9 Å². The van der Waals surface area contributed by atoms with Crippen molar-refractivity contribution in [1.82, 2.24) is 10.2 Å². The third-order valence-electron chi connectivity index (χ3n) is 3.41. The number of urea groups is 1. The van der Waals surface area contributed by atoms with Crippen molar-refractivity contribution in [2.75, 3.05) is 39.6 Å². The van der Waals surface area contributed by atoms with Gasteiger partial charge in [-0.25, -0.2) is 13.2 Å². The van der Waals surface area contributed by atoms with Gasteiger partial charge in [0.15, 0.2) is 21.3 Å². The highest BCUT2D eigenvalue weighted by Crippen LogP contribution is 2.29. The summed E-state index contributed by atoms with van der Waals surface area (Å²) < 4.78 is 34.9. The number of rotatable bonds is 8. The van der Waals surface area contributed by atoms with Gasteiger partial charge < -0.3 is 19.7 Å². The van der Waals surface area contributed by atoms with Crippen molar-refractivity contribution in [3.8, 4) is 11.5 Å². The van der Waals surface area contributed by atoms with Crippen LogP contribution < -0.4 is 14.8 Å². The van der Waals surface area contributed by atoms with Crippen molar-refractivity contribution >= 4 is 15.9 Å². The first-order valence-electron chi connectivity index (χ1n) is 7.37. The number of ether oxygens (including phenoxy) is 2. The van der Waals surface area contributed by atoms with E-state index in [1.165, 1.54) is 26.4 Å². The number of hydrogen-bond donors (Lipinski definition) is 1. The normalized spacial score (nSPS) is 11.0. The van der Waals surface area contributed by atoms with Gasteiger partial charge in [0.25, 0.3) is 0 Å². The number of nitrogens with zero attached hydrogens (tertiary/aromatic N) is 1. The van der Waals surface area contributed by atoms with Crippen molar-refractivity contribution in [2.24, 2.45) is 0 Å². The summed E-state index contributed by atoms with van der Waals surface area (Å²) in [6.07, 6.45) is 0. The van der Waals surface area contributed by atoms with Crippen LogP contribution in [-0.2, 0) is 9.84 Å². The van der Waals surface area contributed by atoms with Crippen LogP contribution in [0, 0.1) is 0 Å². The summed E-state index contributed by atoms with van der Waals surface area (Å²) >= 11 is 0. The molecule has 0 aliphatic heterocycles. The van der Waals surface area contributed by atoms with E-state index in [-0.39, 0.29) is 23.2 Å². The molecule has 0 atom stereocenters. The van der Waals surface area contributed by atoms with Gasteiger partial charge in [0, 0.05) is 25.7 Å². The standard InChI is InChI=1S/C15H24N2O5S/c1-5-17(6-2)15(18)16-9-10-23(19,20)12-7-8-13(21-3)14(11-12)22-4/h7-8,11H,5-6,9-10H2,1-4H3,(H,16,18). The number of nitrogens with one attached hydrogen (secondary N) is 1. The summed E-state index contributed by atoms with van der Waals surface area (Å²) in [7, 11) is -0.598. The zero-order valence-corrected chi connectivity index (χ0v) is 14.8. The molecule has 1 aromatic carbocycles. The Morgan fingerprint density at radius 1 is 1.13 bits per heavy atom. The van der Waals surface area contributed by atoms with E-state index in [1.807, 2.05) is 13.8 Å². The van der Waals surface area contributed by atoms with E-state index in [4.69, 9.17) is 9.47 Å². The molecule has 130 valence electrons. The number of sulfone groups is 1. The Labute approximate surface area is 137 Å². The number of carbonyl (C=O) groups excluding carboxylic acids is 1. The number of carbonyl (C=O) groups is 1. The summed E-state index contributed by atoms with van der Waals surface area (Å²) in [6.45, 7) is 4.93. The van der Waals surface area contributed by atoms with Crippen LogP contribution >= 0.6 is 0 Å². The smallest absolute Gasteiger partial charge is 0.317 e. The zero-order valence-electron chi connectivity index (χ0n) is 14.0. The summed E-state index contributed by atoms with van der Waals surface area (Å²) in [4.78, 5) is 13.5. The number of hydrogen-bond acceptors (Lipinski definition) is 5. The van der Waals surface area contributed by atoms with E-state index in [9.17, 15) is 13.2 Å². The van der Waals surface area contributed by atoms with Gasteiger partial charge >= 0.3 is 6.03 Å². The van der Waals surface area contributed by atoms with E-state index in [1.54, 1.807) is 11.0 Å². The second-order valence-corrected chi connectivity index (χ2v) is 6.85. The van der Waals surface area contributed by atoms with Gasteiger partial charge in [-0.05, 0) is 26.0 Å². The minimum absolute atomic E-state index is 0.0476. The molecule has 0 fully saturated rings. The van der Waals surface area contributed by atoms with Crippen molar-refractivity contribution in [3.05, 3.63) is 18.2 Å². The van der Waals surface area contributed by atoms with E-state index in [0.29, 0.717) is 24.6 Å². The Bertz CT molecular complexity index is 627. The molecule has 1 rings (SSSR count). The number of amides is 2. The average Bonchev–Trinajstić information content (AvgIpc) is 2.55. The molecule has 8 heteroatoms. The van der Waals surface area contributed by atoms with Crippen LogP contribution in [0.2, 0.25) is 0 Å². The lowest BCUT2D eigenvalue weighted by atomic mass is 10.3. The summed E-state index contributed by atoms with van der Waals surface area (Å²) in [5.41, 5.74) is 0. The lowest BCUT2D eigenvalue weighted by Gasteiger charge is -2.19. The highest BCUT2D eigenvalue weighted by molar-refractivity contribution is 7.91. The van der Waals surface area contributed by atoms with Crippen molar-refractivity contribution < 1.29 is 22.7 Å². The molecular formula is C15H24N2O5S. The molecule has 1 aromatic rings. The van der Waals surface area contributed by atoms with E-state index in [2.05, 4.69) is 5.32 Å². The van der Waals surface area contributed by atoms with Crippen molar-refractivity contribution in [1.29, 1.82) is 0 Å². The molecule has 0 saturated carbocycles. The van der Waals surface area contributed by atoms with Crippen LogP contribution in [0.5, 0.6) is 11.5 Å². The predicted octanol–water partition coefficient (Wildman–Crippen LogP) is 1.53. The molecule has 2 amide bonds. The minimum atomic E-state index is -3.52. The van der Waals surface area contributed by atoms with Gasteiger partial charge in [-0.1, -0.05) is 0 Å². The number of benzene rings is 1. The first-order chi connectivity index (χ1) is 10.9. The summed E-state index contributed by atoms with van der Waals surface area (Å²) in [5.74, 6) is 0.622. The second-order valence-electron chi connectivity index (χ2n) is 4.74. The summed E-state index contributed by atoms with van der Waals surface area (Å²) in [5, 5.41) is 2.61. The first kappa shape index (κ1) is 19.1. The van der Waals surface area contributed by atoms with Crippen LogP contribution in [0.15, 0.2) is 23.1 Å². The monoisotopic (exact) mass is 344 g/mol. The lowest BCUT2D eigenvalue weighted by molar-refractivity contribution is 0.204. The fourth-order valence-corrected chi connectivity index (χ4v) is 3.21. The van der Waals surface area contributed by atoms with Gasteiger partial charge in [-0.3, -0.25) is 0 Å². The van der Waals surface area contributed by atoms with Gasteiger partial charge in [0.2, 0.25) is 0 Å². The molecule has 0 aliphatic carbocycles. The van der Waals surface area contributed by atoms with Crippen LogP contribution in [-0.4, -0.2) is 59.0 Å². The molecule has 0 saturated heterocycles. The maximum atomic E-state index is 12.3. The van der Waals surface area contributed by atoms with E-state index in [0.717, 1.165) is 0 Å². The molecule has 7 nitrogen and oxygen atoms in total. The highest BCUT2D eigenvalue weighted by Gasteiger charge is 2.18. The van der Waals surface area contributed by atoms with E-state index >= 15 is 0 Å². The topological polar surface area (TPSA) is 84.9 Å². The fourth-order valence-electron chi connectivity index (χ4n) is 2.04. The van der Waals surface area contributed by atoms with Gasteiger partial charge in [-0.2, -0.15) is 0 Å². The highest BCUT2D eigenvalue weighted by atomic mass is 32.2. The third-order valence-corrected chi connectivity index (χ3v) is 5.13. The number of methoxy groups -OCH3 is 2. The lowest BCUT2D eigenvalue weighted by Crippen LogP contribution is -2.41. The summed E-state index contributed by atoms with van der Waals surface area (Å²) in [6, 6.07) is 4.15.